The summed E-state index contributed by atoms with van der Waals surface area (Å²) in [5, 5.41) is 0. The molecule has 0 radical (unpaired) electrons. The van der Waals surface area contributed by atoms with Crippen molar-refractivity contribution in [3.8, 4) is 0 Å². The van der Waals surface area contributed by atoms with Crippen LogP contribution in [-0.4, -0.2) is 24.6 Å². The number of rotatable bonds is 1. The first kappa shape index (κ1) is 8.84. The lowest BCUT2D eigenvalue weighted by Gasteiger charge is -2.20. The number of aromatic nitrogens is 1. The average Bonchev–Trinajstić information content (AvgIpc) is 2.39. The first-order valence-corrected chi connectivity index (χ1v) is 5.33. The Balaban J connectivity index is 2.35. The van der Waals surface area contributed by atoms with Crippen LogP contribution in [0.2, 0.25) is 0 Å². The molecule has 0 unspecified atom stereocenters. The highest BCUT2D eigenvalue weighted by molar-refractivity contribution is 7.97. The van der Waals surface area contributed by atoms with Crippen LogP contribution in [0, 0.1) is 0 Å². The zero-order valence-electron chi connectivity index (χ0n) is 7.66. The van der Waals surface area contributed by atoms with E-state index in [-0.39, 0.29) is 0 Å². The smallest absolute Gasteiger partial charge is 0.143 e. The standard InChI is InChI=1S/C9H13N3S/c1-2-12-7-6-11-13-8-4-3-5-10-9(8)12/h3-5,11H,2,6-7H2,1H3. The second-order valence-electron chi connectivity index (χ2n) is 2.90. The summed E-state index contributed by atoms with van der Waals surface area (Å²) in [6, 6.07) is 4.08. The molecule has 0 aliphatic carbocycles. The summed E-state index contributed by atoms with van der Waals surface area (Å²) in [4.78, 5) is 7.91. The number of pyridine rings is 1. The van der Waals surface area contributed by atoms with E-state index in [1.165, 1.54) is 4.90 Å². The van der Waals surface area contributed by atoms with Crippen molar-refractivity contribution in [3.63, 3.8) is 0 Å². The molecule has 0 saturated carbocycles. The van der Waals surface area contributed by atoms with Gasteiger partial charge in [0.05, 0.1) is 4.90 Å². The highest BCUT2D eigenvalue weighted by Crippen LogP contribution is 2.27. The van der Waals surface area contributed by atoms with Crippen molar-refractivity contribution in [2.75, 3.05) is 24.5 Å². The number of anilines is 1. The van der Waals surface area contributed by atoms with Crippen molar-refractivity contribution in [3.05, 3.63) is 18.3 Å². The first-order chi connectivity index (χ1) is 6.42. The summed E-state index contributed by atoms with van der Waals surface area (Å²) in [7, 11) is 0. The minimum atomic E-state index is 1.01. The van der Waals surface area contributed by atoms with Crippen LogP contribution in [0.5, 0.6) is 0 Å². The zero-order valence-corrected chi connectivity index (χ0v) is 8.47. The molecular weight excluding hydrogens is 182 g/mol. The van der Waals surface area contributed by atoms with Gasteiger partial charge in [-0.15, -0.1) is 0 Å². The topological polar surface area (TPSA) is 28.2 Å². The molecule has 13 heavy (non-hydrogen) atoms. The quantitative estimate of drug-likeness (QED) is 0.688. The van der Waals surface area contributed by atoms with Crippen LogP contribution in [0.25, 0.3) is 0 Å². The molecule has 70 valence electrons. The van der Waals surface area contributed by atoms with Gasteiger partial charge in [-0.3, -0.25) is 4.72 Å². The molecule has 3 nitrogen and oxygen atoms in total. The molecule has 1 aromatic rings. The molecule has 1 N–H and O–H groups in total. The van der Waals surface area contributed by atoms with Crippen molar-refractivity contribution >= 4 is 17.8 Å². The third kappa shape index (κ3) is 1.78. The summed E-state index contributed by atoms with van der Waals surface area (Å²) in [6.45, 7) is 5.23. The normalized spacial score (nSPS) is 16.5. The fourth-order valence-corrected chi connectivity index (χ4v) is 2.19. The van der Waals surface area contributed by atoms with Gasteiger partial charge in [0.2, 0.25) is 0 Å². The third-order valence-electron chi connectivity index (χ3n) is 2.10. The van der Waals surface area contributed by atoms with Crippen LogP contribution >= 0.6 is 11.9 Å². The summed E-state index contributed by atoms with van der Waals surface area (Å²) in [5.74, 6) is 1.11. The van der Waals surface area contributed by atoms with Gasteiger partial charge in [-0.25, -0.2) is 4.98 Å². The second-order valence-corrected chi connectivity index (χ2v) is 3.83. The highest BCUT2D eigenvalue weighted by Gasteiger charge is 2.14. The maximum atomic E-state index is 4.40. The van der Waals surface area contributed by atoms with Gasteiger partial charge in [-0.2, -0.15) is 0 Å². The zero-order chi connectivity index (χ0) is 9.10. The lowest BCUT2D eigenvalue weighted by atomic mass is 10.4. The molecule has 1 aromatic heterocycles. The Labute approximate surface area is 82.7 Å². The number of hydrogen-bond acceptors (Lipinski definition) is 4. The highest BCUT2D eigenvalue weighted by atomic mass is 32.2. The number of hydrogen-bond donors (Lipinski definition) is 1. The van der Waals surface area contributed by atoms with Gasteiger partial charge in [0.25, 0.3) is 0 Å². The van der Waals surface area contributed by atoms with Gasteiger partial charge >= 0.3 is 0 Å². The first-order valence-electron chi connectivity index (χ1n) is 4.51. The summed E-state index contributed by atoms with van der Waals surface area (Å²) < 4.78 is 3.30. The van der Waals surface area contributed by atoms with Crippen LogP contribution in [-0.2, 0) is 0 Å². The molecular formula is C9H13N3S. The molecule has 2 heterocycles. The van der Waals surface area contributed by atoms with E-state index >= 15 is 0 Å². The Kier molecular flexibility index (Phi) is 2.71. The number of nitrogens with one attached hydrogen (secondary N) is 1. The van der Waals surface area contributed by atoms with Crippen molar-refractivity contribution in [2.45, 2.75) is 11.8 Å². The number of nitrogens with zero attached hydrogens (tertiary/aromatic N) is 2. The molecule has 0 aromatic carbocycles. The molecule has 0 fully saturated rings. The monoisotopic (exact) mass is 195 g/mol. The van der Waals surface area contributed by atoms with E-state index in [0.29, 0.717) is 0 Å². The molecule has 1 aliphatic rings. The Morgan fingerprint density at radius 3 is 3.46 bits per heavy atom. The fraction of sp³-hybridized carbons (Fsp3) is 0.444. The molecule has 0 atom stereocenters. The van der Waals surface area contributed by atoms with Crippen molar-refractivity contribution < 1.29 is 0 Å². The summed E-state index contributed by atoms with van der Waals surface area (Å²) in [6.07, 6.45) is 1.85. The van der Waals surface area contributed by atoms with E-state index < -0.39 is 0 Å². The van der Waals surface area contributed by atoms with Gasteiger partial charge in [0.1, 0.15) is 5.82 Å². The van der Waals surface area contributed by atoms with Gasteiger partial charge in [0, 0.05) is 25.8 Å². The molecule has 1 aliphatic heterocycles. The second kappa shape index (κ2) is 3.98. The van der Waals surface area contributed by atoms with E-state index in [1.54, 1.807) is 11.9 Å². The third-order valence-corrected chi connectivity index (χ3v) is 2.99. The summed E-state index contributed by atoms with van der Waals surface area (Å²) >= 11 is 1.67. The van der Waals surface area contributed by atoms with E-state index in [0.717, 1.165) is 25.5 Å². The van der Waals surface area contributed by atoms with Crippen LogP contribution in [0.1, 0.15) is 6.92 Å². The maximum absolute atomic E-state index is 4.40. The molecule has 2 rings (SSSR count). The molecule has 4 heteroatoms. The van der Waals surface area contributed by atoms with E-state index in [9.17, 15) is 0 Å². The van der Waals surface area contributed by atoms with E-state index in [4.69, 9.17) is 0 Å². The van der Waals surface area contributed by atoms with E-state index in [2.05, 4.69) is 27.6 Å². The van der Waals surface area contributed by atoms with Crippen LogP contribution < -0.4 is 9.62 Å². The van der Waals surface area contributed by atoms with Crippen molar-refractivity contribution in [2.24, 2.45) is 0 Å². The lowest BCUT2D eigenvalue weighted by Crippen LogP contribution is -2.28. The predicted molar refractivity (Wildman–Crippen MR) is 56.0 cm³/mol. The van der Waals surface area contributed by atoms with Gasteiger partial charge in [0.15, 0.2) is 0 Å². The predicted octanol–water partition coefficient (Wildman–Crippen LogP) is 1.52. The molecule has 0 amide bonds. The van der Waals surface area contributed by atoms with Gasteiger partial charge in [-0.05, 0) is 31.0 Å². The van der Waals surface area contributed by atoms with Crippen LogP contribution in [0.4, 0.5) is 5.82 Å². The Hall–Kier alpha value is -0.740. The molecule has 0 spiro atoms. The lowest BCUT2D eigenvalue weighted by molar-refractivity contribution is 0.785. The minimum absolute atomic E-state index is 1.01. The largest absolute Gasteiger partial charge is 0.355 e. The van der Waals surface area contributed by atoms with Crippen molar-refractivity contribution in [1.29, 1.82) is 0 Å². The van der Waals surface area contributed by atoms with E-state index in [1.807, 2.05) is 12.3 Å². The Morgan fingerprint density at radius 2 is 2.62 bits per heavy atom. The Morgan fingerprint density at radius 1 is 1.69 bits per heavy atom. The maximum Gasteiger partial charge on any atom is 0.143 e. The van der Waals surface area contributed by atoms with Gasteiger partial charge in [-0.1, -0.05) is 0 Å². The fourth-order valence-electron chi connectivity index (χ4n) is 1.42. The average molecular weight is 195 g/mol. The van der Waals surface area contributed by atoms with Crippen LogP contribution in [0.15, 0.2) is 23.2 Å². The SMILES string of the molecule is CCN1CCNSc2cccnc21. The van der Waals surface area contributed by atoms with Gasteiger partial charge < -0.3 is 4.90 Å². The number of fused-ring (bicyclic) bond motifs is 1. The van der Waals surface area contributed by atoms with Crippen molar-refractivity contribution in [1.82, 2.24) is 9.71 Å². The molecule has 0 saturated heterocycles. The van der Waals surface area contributed by atoms with Crippen LogP contribution in [0.3, 0.4) is 0 Å². The Bertz CT molecular complexity index is 290. The summed E-state index contributed by atoms with van der Waals surface area (Å²) in [5.41, 5.74) is 0. The molecule has 0 bridgehead atoms. The minimum Gasteiger partial charge on any atom is -0.355 e. The number of likely N-dealkylation sites (N-methyl/N-ethyl adjacent to an activating group) is 1.